The maximum absolute atomic E-state index is 11.7. The first-order chi connectivity index (χ1) is 16.6. The number of phenolic OH excluding ortho intramolecular Hbond substituents is 2. The zero-order valence-electron chi connectivity index (χ0n) is 22.3. The largest absolute Gasteiger partial charge is 0.508 e. The predicted octanol–water partition coefficient (Wildman–Crippen LogP) is 5.53. The number of nitro groups is 1. The lowest BCUT2D eigenvalue weighted by Crippen LogP contribution is -2.19. The minimum atomic E-state index is -0.782. The van der Waals surface area contributed by atoms with E-state index < -0.39 is 21.7 Å². The van der Waals surface area contributed by atoms with Gasteiger partial charge in [0.1, 0.15) is 29.2 Å². The van der Waals surface area contributed by atoms with Crippen molar-refractivity contribution in [2.24, 2.45) is 7.05 Å². The molecule has 1 heterocycles. The van der Waals surface area contributed by atoms with Gasteiger partial charge in [0.2, 0.25) is 5.82 Å². The third-order valence-corrected chi connectivity index (χ3v) is 6.30. The highest BCUT2D eigenvalue weighted by molar-refractivity contribution is 5.61. The summed E-state index contributed by atoms with van der Waals surface area (Å²) in [6, 6.07) is 6.44. The average molecular weight is 498 g/mol. The van der Waals surface area contributed by atoms with Gasteiger partial charge < -0.3 is 29.8 Å². The van der Waals surface area contributed by atoms with Crippen molar-refractivity contribution in [2.45, 2.75) is 58.3 Å². The molecule has 0 aliphatic carbocycles. The molecule has 0 aliphatic rings. The Labute approximate surface area is 211 Å². The van der Waals surface area contributed by atoms with Gasteiger partial charge in [-0.15, -0.1) is 0 Å². The van der Waals surface area contributed by atoms with Crippen LogP contribution in [0.5, 0.6) is 23.0 Å². The average Bonchev–Trinajstić information content (AvgIpc) is 3.13. The molecule has 0 spiro atoms. The van der Waals surface area contributed by atoms with Gasteiger partial charge in [-0.25, -0.2) is 9.55 Å². The van der Waals surface area contributed by atoms with Gasteiger partial charge in [0, 0.05) is 22.3 Å². The molecule has 0 fully saturated rings. The summed E-state index contributed by atoms with van der Waals surface area (Å²) >= 11 is 0. The molecule has 0 amide bonds. The summed E-state index contributed by atoms with van der Waals surface area (Å²) in [7, 11) is 4.65. The molecule has 3 aromatic rings. The minimum absolute atomic E-state index is 0.0135. The SMILES string of the molecule is COc1c(C(c2cc(O)cc(C(C)(C)C)c2OC)c2ncc([N+](=O)[O-])n2C)cc(O)cc1C(C)(C)C. The second-order valence-corrected chi connectivity index (χ2v) is 11.0. The van der Waals surface area contributed by atoms with Gasteiger partial charge in [-0.1, -0.05) is 41.5 Å². The summed E-state index contributed by atoms with van der Waals surface area (Å²) in [5.41, 5.74) is 1.80. The molecule has 0 saturated heterocycles. The number of aromatic nitrogens is 2. The Hall–Kier alpha value is -3.75. The molecule has 0 bridgehead atoms. The number of nitrogens with zero attached hydrogens (tertiary/aromatic N) is 3. The summed E-state index contributed by atoms with van der Waals surface area (Å²) in [5.74, 6) is 0.404. The highest BCUT2D eigenvalue weighted by atomic mass is 16.6. The molecule has 0 atom stereocenters. The third-order valence-electron chi connectivity index (χ3n) is 6.30. The lowest BCUT2D eigenvalue weighted by molar-refractivity contribution is -0.391. The highest BCUT2D eigenvalue weighted by Crippen LogP contribution is 2.49. The molecule has 36 heavy (non-hydrogen) atoms. The number of hydrogen-bond acceptors (Lipinski definition) is 7. The number of benzene rings is 2. The zero-order valence-corrected chi connectivity index (χ0v) is 22.3. The normalized spacial score (nSPS) is 12.2. The van der Waals surface area contributed by atoms with Crippen molar-refractivity contribution >= 4 is 5.82 Å². The molecule has 0 radical (unpaired) electrons. The molecule has 0 saturated carbocycles. The van der Waals surface area contributed by atoms with E-state index in [1.807, 2.05) is 41.5 Å². The van der Waals surface area contributed by atoms with Crippen molar-refractivity contribution < 1.29 is 24.6 Å². The van der Waals surface area contributed by atoms with Gasteiger partial charge in [-0.05, 0) is 40.0 Å². The van der Waals surface area contributed by atoms with E-state index in [0.717, 1.165) is 11.1 Å². The molecular weight excluding hydrogens is 462 g/mol. The second kappa shape index (κ2) is 9.37. The highest BCUT2D eigenvalue weighted by Gasteiger charge is 2.37. The van der Waals surface area contributed by atoms with Crippen molar-refractivity contribution in [1.82, 2.24) is 9.55 Å². The lowest BCUT2D eigenvalue weighted by Gasteiger charge is -2.29. The fraction of sp³-hybridized carbons (Fsp3) is 0.444. The molecule has 2 N–H and O–H groups in total. The standard InChI is InChI=1S/C27H35N3O6/c1-26(2,3)19-12-15(31)10-17(23(19)35-8)22(25-28-14-21(29(25)7)30(33)34)18-11-16(32)13-20(24(18)36-9)27(4,5)6/h10-14,22,31-32H,1-9H3. The Morgan fingerprint density at radius 3 is 1.61 bits per heavy atom. The van der Waals surface area contributed by atoms with Crippen molar-refractivity contribution in [1.29, 1.82) is 0 Å². The van der Waals surface area contributed by atoms with Crippen molar-refractivity contribution in [3.63, 3.8) is 0 Å². The first kappa shape index (κ1) is 26.8. The predicted molar refractivity (Wildman–Crippen MR) is 138 cm³/mol. The van der Waals surface area contributed by atoms with Crippen LogP contribution in [0.4, 0.5) is 5.82 Å². The second-order valence-electron chi connectivity index (χ2n) is 11.0. The zero-order chi connectivity index (χ0) is 27.2. The lowest BCUT2D eigenvalue weighted by atomic mass is 9.78. The quantitative estimate of drug-likeness (QED) is 0.339. The van der Waals surface area contributed by atoms with E-state index in [9.17, 15) is 20.3 Å². The van der Waals surface area contributed by atoms with E-state index in [0.29, 0.717) is 28.5 Å². The molecular formula is C27H35N3O6. The maximum atomic E-state index is 11.7. The minimum Gasteiger partial charge on any atom is -0.508 e. The fourth-order valence-electron chi connectivity index (χ4n) is 4.57. The van der Waals surface area contributed by atoms with Crippen LogP contribution in [0.25, 0.3) is 0 Å². The summed E-state index contributed by atoms with van der Waals surface area (Å²) in [6.07, 6.45) is 1.20. The Balaban J connectivity index is 2.54. The summed E-state index contributed by atoms with van der Waals surface area (Å²) in [5, 5.41) is 33.2. The van der Waals surface area contributed by atoms with Crippen LogP contribution in [0.1, 0.15) is 75.5 Å². The molecule has 1 aromatic heterocycles. The Morgan fingerprint density at radius 2 is 1.31 bits per heavy atom. The van der Waals surface area contributed by atoms with E-state index in [-0.39, 0.29) is 17.3 Å². The number of rotatable bonds is 6. The van der Waals surface area contributed by atoms with Crippen LogP contribution in [0, 0.1) is 10.1 Å². The van der Waals surface area contributed by atoms with E-state index in [2.05, 4.69) is 4.98 Å². The Kier molecular flexibility index (Phi) is 6.99. The Bertz CT molecular complexity index is 1230. The topological polar surface area (TPSA) is 120 Å². The summed E-state index contributed by atoms with van der Waals surface area (Å²) in [6.45, 7) is 12.0. The van der Waals surface area contributed by atoms with Gasteiger partial charge in [0.05, 0.1) is 27.2 Å². The van der Waals surface area contributed by atoms with Gasteiger partial charge >= 0.3 is 5.82 Å². The van der Waals surface area contributed by atoms with Gasteiger partial charge in [0.25, 0.3) is 0 Å². The van der Waals surface area contributed by atoms with Crippen LogP contribution in [0.15, 0.2) is 30.5 Å². The van der Waals surface area contributed by atoms with E-state index in [4.69, 9.17) is 9.47 Å². The number of ether oxygens (including phenoxy) is 2. The maximum Gasteiger partial charge on any atom is 0.342 e. The molecule has 3 rings (SSSR count). The molecule has 9 heteroatoms. The first-order valence-electron chi connectivity index (χ1n) is 11.6. The smallest absolute Gasteiger partial charge is 0.342 e. The number of imidazole rings is 1. The Morgan fingerprint density at radius 1 is 0.889 bits per heavy atom. The fourth-order valence-corrected chi connectivity index (χ4v) is 4.57. The van der Waals surface area contributed by atoms with Crippen molar-refractivity contribution in [3.05, 3.63) is 68.7 Å². The molecule has 2 aromatic carbocycles. The van der Waals surface area contributed by atoms with Gasteiger partial charge in [-0.3, -0.25) is 0 Å². The van der Waals surface area contributed by atoms with Crippen LogP contribution >= 0.6 is 0 Å². The third kappa shape index (κ3) is 4.82. The number of phenols is 2. The molecule has 194 valence electrons. The van der Waals surface area contributed by atoms with Crippen LogP contribution in [0.2, 0.25) is 0 Å². The summed E-state index contributed by atoms with van der Waals surface area (Å²) in [4.78, 5) is 15.6. The van der Waals surface area contributed by atoms with Crippen LogP contribution < -0.4 is 9.47 Å². The van der Waals surface area contributed by atoms with Crippen molar-refractivity contribution in [3.8, 4) is 23.0 Å². The molecule has 9 nitrogen and oxygen atoms in total. The van der Waals surface area contributed by atoms with Gasteiger partial charge in [-0.2, -0.15) is 0 Å². The molecule has 0 aliphatic heterocycles. The van der Waals surface area contributed by atoms with Crippen molar-refractivity contribution in [2.75, 3.05) is 14.2 Å². The van der Waals surface area contributed by atoms with E-state index in [1.165, 1.54) is 10.8 Å². The van der Waals surface area contributed by atoms with E-state index in [1.54, 1.807) is 45.5 Å². The van der Waals surface area contributed by atoms with Gasteiger partial charge in [0.15, 0.2) is 0 Å². The number of hydrogen-bond donors (Lipinski definition) is 2. The number of aromatic hydroxyl groups is 2. The van der Waals surface area contributed by atoms with E-state index >= 15 is 0 Å². The van der Waals surface area contributed by atoms with Crippen LogP contribution in [-0.4, -0.2) is 38.9 Å². The number of methoxy groups -OCH3 is 2. The monoisotopic (exact) mass is 497 g/mol. The van der Waals surface area contributed by atoms with Crippen LogP contribution in [-0.2, 0) is 17.9 Å². The summed E-state index contributed by atoms with van der Waals surface area (Å²) < 4.78 is 13.2. The first-order valence-corrected chi connectivity index (χ1v) is 11.6. The van der Waals surface area contributed by atoms with Crippen LogP contribution in [0.3, 0.4) is 0 Å². The molecule has 0 unspecified atom stereocenters.